The molecule has 2 aromatic rings. The van der Waals surface area contributed by atoms with Crippen LogP contribution in [-0.2, 0) is 13.0 Å². The minimum Gasteiger partial charge on any atom is -0.489 e. The van der Waals surface area contributed by atoms with Crippen LogP contribution in [-0.4, -0.2) is 5.11 Å². The van der Waals surface area contributed by atoms with Gasteiger partial charge in [-0.3, -0.25) is 0 Å². The largest absolute Gasteiger partial charge is 0.489 e. The maximum absolute atomic E-state index is 10.1. The Bertz CT molecular complexity index is 688. The molecule has 0 unspecified atom stereocenters. The summed E-state index contributed by atoms with van der Waals surface area (Å²) < 4.78 is 5.92. The number of benzene rings is 2. The Morgan fingerprint density at radius 2 is 2.05 bits per heavy atom. The highest BCUT2D eigenvalue weighted by Gasteiger charge is 2.20. The number of hydrogen-bond acceptors (Lipinski definition) is 3. The summed E-state index contributed by atoms with van der Waals surface area (Å²) in [6.07, 6.45) is 2.34. The number of ether oxygens (including phenoxy) is 1. The Kier molecular flexibility index (Phi) is 3.89. The summed E-state index contributed by atoms with van der Waals surface area (Å²) in [5.74, 6) is 0.819. The first-order chi connectivity index (χ1) is 10.3. The van der Waals surface area contributed by atoms with Gasteiger partial charge in [0.2, 0.25) is 0 Å². The predicted octanol–water partition coefficient (Wildman–Crippen LogP) is 3.51. The topological polar surface area (TPSA) is 53.2 Å². The molecule has 3 heteroatoms. The average molecular weight is 279 g/mol. The summed E-state index contributed by atoms with van der Waals surface area (Å²) in [5, 5.41) is 19.2. The maximum Gasteiger partial charge on any atom is 0.123 e. The summed E-state index contributed by atoms with van der Waals surface area (Å²) in [6.45, 7) is 0.371. The second-order valence-electron chi connectivity index (χ2n) is 5.29. The quantitative estimate of drug-likeness (QED) is 0.935. The van der Waals surface area contributed by atoms with Crippen LogP contribution < -0.4 is 4.74 Å². The summed E-state index contributed by atoms with van der Waals surface area (Å²) in [7, 11) is 0. The number of nitrogens with zero attached hydrogens (tertiary/aromatic N) is 1. The fraction of sp³-hybridized carbons (Fsp3) is 0.278. The van der Waals surface area contributed by atoms with Crippen molar-refractivity contribution in [3.05, 3.63) is 64.7 Å². The predicted molar refractivity (Wildman–Crippen MR) is 79.8 cm³/mol. The summed E-state index contributed by atoms with van der Waals surface area (Å²) in [6, 6.07) is 15.5. The first kappa shape index (κ1) is 13.7. The van der Waals surface area contributed by atoms with E-state index in [1.807, 2.05) is 36.4 Å². The monoisotopic (exact) mass is 279 g/mol. The Morgan fingerprint density at radius 1 is 1.19 bits per heavy atom. The van der Waals surface area contributed by atoms with Crippen LogP contribution in [0.25, 0.3) is 0 Å². The Morgan fingerprint density at radius 3 is 2.90 bits per heavy atom. The molecule has 21 heavy (non-hydrogen) atoms. The molecule has 1 N–H and O–H groups in total. The Labute approximate surface area is 124 Å². The second-order valence-corrected chi connectivity index (χ2v) is 5.29. The second kappa shape index (κ2) is 5.99. The van der Waals surface area contributed by atoms with Crippen molar-refractivity contribution in [3.63, 3.8) is 0 Å². The highest BCUT2D eigenvalue weighted by atomic mass is 16.5. The zero-order valence-corrected chi connectivity index (χ0v) is 11.7. The van der Waals surface area contributed by atoms with E-state index in [1.54, 1.807) is 6.07 Å². The molecule has 0 spiro atoms. The molecule has 0 amide bonds. The van der Waals surface area contributed by atoms with E-state index >= 15 is 0 Å². The molecule has 1 atom stereocenters. The van der Waals surface area contributed by atoms with E-state index in [-0.39, 0.29) is 6.10 Å². The maximum atomic E-state index is 10.1. The molecule has 1 aliphatic carbocycles. The fourth-order valence-electron chi connectivity index (χ4n) is 2.84. The Hall–Kier alpha value is -2.31. The van der Waals surface area contributed by atoms with Gasteiger partial charge in [0.05, 0.1) is 17.7 Å². The van der Waals surface area contributed by atoms with Crippen LogP contribution in [0.5, 0.6) is 5.75 Å². The zero-order valence-electron chi connectivity index (χ0n) is 11.7. The number of aliphatic hydroxyl groups excluding tert-OH is 1. The van der Waals surface area contributed by atoms with Crippen LogP contribution in [0.1, 0.15) is 41.2 Å². The van der Waals surface area contributed by atoms with Crippen LogP contribution in [0.4, 0.5) is 0 Å². The average Bonchev–Trinajstić information content (AvgIpc) is 2.53. The van der Waals surface area contributed by atoms with Crippen molar-refractivity contribution in [2.75, 3.05) is 0 Å². The fourth-order valence-corrected chi connectivity index (χ4v) is 2.84. The van der Waals surface area contributed by atoms with Gasteiger partial charge < -0.3 is 9.84 Å². The molecule has 0 radical (unpaired) electrons. The van der Waals surface area contributed by atoms with Crippen molar-refractivity contribution in [3.8, 4) is 11.8 Å². The molecule has 3 nitrogen and oxygen atoms in total. The van der Waals surface area contributed by atoms with Crippen LogP contribution >= 0.6 is 0 Å². The molecule has 0 bridgehead atoms. The highest BCUT2D eigenvalue weighted by Crippen LogP contribution is 2.35. The van der Waals surface area contributed by atoms with Gasteiger partial charge in [0.1, 0.15) is 12.4 Å². The number of aliphatic hydroxyl groups is 1. The van der Waals surface area contributed by atoms with Gasteiger partial charge >= 0.3 is 0 Å². The molecule has 2 aromatic carbocycles. The van der Waals surface area contributed by atoms with Crippen molar-refractivity contribution < 1.29 is 9.84 Å². The smallest absolute Gasteiger partial charge is 0.123 e. The van der Waals surface area contributed by atoms with Gasteiger partial charge in [-0.25, -0.2) is 0 Å². The van der Waals surface area contributed by atoms with Crippen LogP contribution in [0.2, 0.25) is 0 Å². The molecule has 3 rings (SSSR count). The molecule has 106 valence electrons. The van der Waals surface area contributed by atoms with E-state index in [2.05, 4.69) is 6.07 Å². The third kappa shape index (κ3) is 2.76. The highest BCUT2D eigenvalue weighted by molar-refractivity contribution is 5.43. The molecule has 0 aromatic heterocycles. The normalized spacial score (nSPS) is 16.9. The number of hydrogen-bond donors (Lipinski definition) is 1. The zero-order chi connectivity index (χ0) is 14.7. The number of rotatable bonds is 3. The van der Waals surface area contributed by atoms with E-state index in [0.717, 1.165) is 41.7 Å². The minimum absolute atomic E-state index is 0.371. The van der Waals surface area contributed by atoms with Crippen LogP contribution in [0.3, 0.4) is 0 Å². The lowest BCUT2D eigenvalue weighted by Crippen LogP contribution is -2.11. The van der Waals surface area contributed by atoms with E-state index in [9.17, 15) is 5.11 Å². The lowest BCUT2D eigenvalue weighted by Gasteiger charge is -2.23. The van der Waals surface area contributed by atoms with Crippen LogP contribution in [0.15, 0.2) is 42.5 Å². The van der Waals surface area contributed by atoms with Crippen molar-refractivity contribution in [1.29, 1.82) is 5.26 Å². The van der Waals surface area contributed by atoms with Crippen molar-refractivity contribution in [2.24, 2.45) is 0 Å². The van der Waals surface area contributed by atoms with E-state index in [1.165, 1.54) is 0 Å². The van der Waals surface area contributed by atoms with Gasteiger partial charge in [0.25, 0.3) is 0 Å². The molecule has 0 fully saturated rings. The van der Waals surface area contributed by atoms with E-state index in [0.29, 0.717) is 12.2 Å². The third-order valence-electron chi connectivity index (χ3n) is 3.95. The molecule has 0 aliphatic heterocycles. The summed E-state index contributed by atoms with van der Waals surface area (Å²) >= 11 is 0. The van der Waals surface area contributed by atoms with E-state index < -0.39 is 0 Å². The van der Waals surface area contributed by atoms with Crippen molar-refractivity contribution >= 4 is 0 Å². The lowest BCUT2D eigenvalue weighted by molar-refractivity contribution is 0.155. The first-order valence-electron chi connectivity index (χ1n) is 7.20. The van der Waals surface area contributed by atoms with Gasteiger partial charge in [0, 0.05) is 5.56 Å². The summed E-state index contributed by atoms with van der Waals surface area (Å²) in [5.41, 5.74) is 3.61. The first-order valence-corrected chi connectivity index (χ1v) is 7.20. The number of fused-ring (bicyclic) bond motifs is 1. The van der Waals surface area contributed by atoms with Crippen LogP contribution in [0, 0.1) is 11.3 Å². The molecule has 0 saturated heterocycles. The molecular weight excluding hydrogens is 262 g/mol. The molecular formula is C18H17NO2. The number of nitriles is 1. The summed E-state index contributed by atoms with van der Waals surface area (Å²) in [4.78, 5) is 0. The molecule has 1 aliphatic rings. The van der Waals surface area contributed by atoms with Gasteiger partial charge in [-0.1, -0.05) is 30.3 Å². The third-order valence-corrected chi connectivity index (χ3v) is 3.95. The van der Waals surface area contributed by atoms with Gasteiger partial charge in [0.15, 0.2) is 0 Å². The van der Waals surface area contributed by atoms with Gasteiger partial charge in [-0.2, -0.15) is 5.26 Å². The SMILES string of the molecule is N#Cc1ccccc1COc1cccc2c1CCC[C@H]2O. The van der Waals surface area contributed by atoms with Gasteiger partial charge in [-0.15, -0.1) is 0 Å². The molecule has 0 saturated carbocycles. The minimum atomic E-state index is -0.385. The van der Waals surface area contributed by atoms with Crippen molar-refractivity contribution in [2.45, 2.75) is 32.0 Å². The van der Waals surface area contributed by atoms with Gasteiger partial charge in [-0.05, 0) is 42.5 Å². The van der Waals surface area contributed by atoms with Crippen molar-refractivity contribution in [1.82, 2.24) is 0 Å². The lowest BCUT2D eigenvalue weighted by atomic mass is 9.89. The standard InChI is InChI=1S/C18H17NO2/c19-11-13-5-1-2-6-14(13)12-21-18-10-4-7-15-16(18)8-3-9-17(15)20/h1-2,4-7,10,17,20H,3,8-9,12H2/t17-/m1/s1. The molecule has 0 heterocycles. The Balaban J connectivity index is 1.83. The van der Waals surface area contributed by atoms with E-state index in [4.69, 9.17) is 10.00 Å².